The Morgan fingerprint density at radius 2 is 1.93 bits per heavy atom. The monoisotopic (exact) mass is 401 g/mol. The number of amides is 1. The van der Waals surface area contributed by atoms with Gasteiger partial charge in [0.2, 0.25) is 11.8 Å². The van der Waals surface area contributed by atoms with Gasteiger partial charge in [-0.2, -0.15) is 0 Å². The van der Waals surface area contributed by atoms with E-state index in [2.05, 4.69) is 9.80 Å². The van der Waals surface area contributed by atoms with Crippen LogP contribution in [-0.4, -0.2) is 46.9 Å². The predicted molar refractivity (Wildman–Crippen MR) is 110 cm³/mol. The van der Waals surface area contributed by atoms with E-state index in [1.165, 1.54) is 19.3 Å². The zero-order valence-electron chi connectivity index (χ0n) is 16.5. The molecule has 1 amide bonds. The normalized spacial score (nSPS) is 19.1. The highest BCUT2D eigenvalue weighted by Gasteiger charge is 2.28. The standard InChI is InChI=1S/C22H28ClN3O2/c1-16-20(24-21(28-16)18-8-5-9-19(23)14-18)15-25-10-12-26(13-11-25)22(27)17-6-3-2-4-7-17/h5,8-9,14,17H,2-4,6-7,10-13,15H2,1H3. The molecule has 150 valence electrons. The van der Waals surface area contributed by atoms with Gasteiger partial charge in [-0.15, -0.1) is 0 Å². The number of aryl methyl sites for hydroxylation is 1. The smallest absolute Gasteiger partial charge is 0.226 e. The Labute approximate surface area is 171 Å². The van der Waals surface area contributed by atoms with Crippen LogP contribution in [0.4, 0.5) is 0 Å². The summed E-state index contributed by atoms with van der Waals surface area (Å²) in [5, 5.41) is 0.675. The molecule has 28 heavy (non-hydrogen) atoms. The first-order chi connectivity index (χ1) is 13.6. The van der Waals surface area contributed by atoms with Crippen molar-refractivity contribution in [1.29, 1.82) is 0 Å². The Bertz CT molecular complexity index is 821. The zero-order chi connectivity index (χ0) is 19.5. The molecule has 2 fully saturated rings. The first kappa shape index (κ1) is 19.5. The van der Waals surface area contributed by atoms with Crippen molar-refractivity contribution in [3.8, 4) is 11.5 Å². The van der Waals surface area contributed by atoms with Gasteiger partial charge >= 0.3 is 0 Å². The molecule has 5 nitrogen and oxygen atoms in total. The molecule has 4 rings (SSSR count). The molecular weight excluding hydrogens is 374 g/mol. The summed E-state index contributed by atoms with van der Waals surface area (Å²) in [5.41, 5.74) is 1.85. The lowest BCUT2D eigenvalue weighted by atomic mass is 9.88. The number of halogens is 1. The Balaban J connectivity index is 1.34. The number of oxazole rings is 1. The summed E-state index contributed by atoms with van der Waals surface area (Å²) < 4.78 is 5.87. The van der Waals surface area contributed by atoms with Crippen LogP contribution in [0.15, 0.2) is 28.7 Å². The summed E-state index contributed by atoms with van der Waals surface area (Å²) in [6.45, 7) is 6.11. The molecular formula is C22H28ClN3O2. The van der Waals surface area contributed by atoms with Crippen molar-refractivity contribution in [3.63, 3.8) is 0 Å². The van der Waals surface area contributed by atoms with Crippen LogP contribution in [-0.2, 0) is 11.3 Å². The third-order valence-electron chi connectivity index (χ3n) is 5.98. The van der Waals surface area contributed by atoms with Crippen LogP contribution in [0.3, 0.4) is 0 Å². The summed E-state index contributed by atoms with van der Waals surface area (Å²) in [7, 11) is 0. The van der Waals surface area contributed by atoms with E-state index in [1.807, 2.05) is 31.2 Å². The second-order valence-corrected chi connectivity index (χ2v) is 8.41. The molecule has 1 saturated carbocycles. The van der Waals surface area contributed by atoms with E-state index in [4.69, 9.17) is 21.0 Å². The molecule has 0 unspecified atom stereocenters. The van der Waals surface area contributed by atoms with Crippen molar-refractivity contribution >= 4 is 17.5 Å². The van der Waals surface area contributed by atoms with Crippen LogP contribution < -0.4 is 0 Å². The highest BCUT2D eigenvalue weighted by Crippen LogP contribution is 2.27. The molecule has 0 bridgehead atoms. The molecule has 2 aromatic rings. The number of carbonyl (C=O) groups excluding carboxylic acids is 1. The lowest BCUT2D eigenvalue weighted by Crippen LogP contribution is -2.50. The molecule has 0 spiro atoms. The average molecular weight is 402 g/mol. The number of aromatic nitrogens is 1. The summed E-state index contributed by atoms with van der Waals surface area (Å²) in [5.74, 6) is 2.09. The van der Waals surface area contributed by atoms with Crippen molar-refractivity contribution in [1.82, 2.24) is 14.8 Å². The van der Waals surface area contributed by atoms with Gasteiger partial charge in [0.1, 0.15) is 5.76 Å². The summed E-state index contributed by atoms with van der Waals surface area (Å²) >= 11 is 6.08. The maximum atomic E-state index is 12.7. The second kappa shape index (κ2) is 8.66. The van der Waals surface area contributed by atoms with Crippen LogP contribution in [0.1, 0.15) is 43.6 Å². The summed E-state index contributed by atoms with van der Waals surface area (Å²) in [6.07, 6.45) is 5.84. The molecule has 1 aromatic carbocycles. The van der Waals surface area contributed by atoms with Crippen molar-refractivity contribution in [3.05, 3.63) is 40.7 Å². The minimum Gasteiger partial charge on any atom is -0.441 e. The highest BCUT2D eigenvalue weighted by molar-refractivity contribution is 6.30. The van der Waals surface area contributed by atoms with Gasteiger partial charge in [-0.05, 0) is 38.0 Å². The van der Waals surface area contributed by atoms with Crippen LogP contribution >= 0.6 is 11.6 Å². The van der Waals surface area contributed by atoms with E-state index in [1.54, 1.807) is 0 Å². The van der Waals surface area contributed by atoms with E-state index in [0.29, 0.717) is 16.8 Å². The van der Waals surface area contributed by atoms with Crippen LogP contribution in [0, 0.1) is 12.8 Å². The molecule has 1 aliphatic heterocycles. The fourth-order valence-electron chi connectivity index (χ4n) is 4.27. The lowest BCUT2D eigenvalue weighted by molar-refractivity contribution is -0.138. The maximum Gasteiger partial charge on any atom is 0.226 e. The maximum absolute atomic E-state index is 12.7. The molecule has 1 saturated heterocycles. The summed E-state index contributed by atoms with van der Waals surface area (Å²) in [4.78, 5) is 21.9. The van der Waals surface area contributed by atoms with Gasteiger partial charge in [0.05, 0.1) is 5.69 Å². The van der Waals surface area contributed by atoms with E-state index in [-0.39, 0.29) is 5.92 Å². The number of hydrogen-bond acceptors (Lipinski definition) is 4. The zero-order valence-corrected chi connectivity index (χ0v) is 17.2. The van der Waals surface area contributed by atoms with Crippen molar-refractivity contribution in [2.24, 2.45) is 5.92 Å². The highest BCUT2D eigenvalue weighted by atomic mass is 35.5. The number of nitrogens with zero attached hydrogens (tertiary/aromatic N) is 3. The molecule has 2 aliphatic rings. The molecule has 6 heteroatoms. The van der Waals surface area contributed by atoms with Gasteiger partial charge in [0.25, 0.3) is 0 Å². The minimum atomic E-state index is 0.262. The van der Waals surface area contributed by atoms with E-state index >= 15 is 0 Å². The number of hydrogen-bond donors (Lipinski definition) is 0. The van der Waals surface area contributed by atoms with Gasteiger partial charge in [-0.25, -0.2) is 4.98 Å². The Kier molecular flexibility index (Phi) is 6.02. The molecule has 0 radical (unpaired) electrons. The van der Waals surface area contributed by atoms with Crippen LogP contribution in [0.5, 0.6) is 0 Å². The molecule has 2 heterocycles. The first-order valence-electron chi connectivity index (χ1n) is 10.3. The largest absolute Gasteiger partial charge is 0.441 e. The second-order valence-electron chi connectivity index (χ2n) is 7.97. The van der Waals surface area contributed by atoms with Crippen LogP contribution in [0.2, 0.25) is 5.02 Å². The van der Waals surface area contributed by atoms with E-state index < -0.39 is 0 Å². The van der Waals surface area contributed by atoms with E-state index in [9.17, 15) is 4.79 Å². The predicted octanol–water partition coefficient (Wildman–Crippen LogP) is 4.53. The van der Waals surface area contributed by atoms with Gasteiger partial charge in [0, 0.05) is 49.2 Å². The lowest BCUT2D eigenvalue weighted by Gasteiger charge is -2.36. The topological polar surface area (TPSA) is 49.6 Å². The quantitative estimate of drug-likeness (QED) is 0.755. The van der Waals surface area contributed by atoms with Gasteiger partial charge in [0.15, 0.2) is 0 Å². The third kappa shape index (κ3) is 4.41. The van der Waals surface area contributed by atoms with Gasteiger partial charge in [-0.1, -0.05) is 36.9 Å². The molecule has 0 atom stereocenters. The van der Waals surface area contributed by atoms with Crippen molar-refractivity contribution in [2.45, 2.75) is 45.6 Å². The number of benzene rings is 1. The van der Waals surface area contributed by atoms with Crippen LogP contribution in [0.25, 0.3) is 11.5 Å². The number of rotatable bonds is 4. The summed E-state index contributed by atoms with van der Waals surface area (Å²) in [6, 6.07) is 7.57. The van der Waals surface area contributed by atoms with Crippen molar-refractivity contribution in [2.75, 3.05) is 26.2 Å². The van der Waals surface area contributed by atoms with E-state index in [0.717, 1.165) is 62.6 Å². The first-order valence-corrected chi connectivity index (χ1v) is 10.7. The van der Waals surface area contributed by atoms with Gasteiger partial charge in [-0.3, -0.25) is 9.69 Å². The fourth-order valence-corrected chi connectivity index (χ4v) is 4.46. The third-order valence-corrected chi connectivity index (χ3v) is 6.21. The fraction of sp³-hybridized carbons (Fsp3) is 0.545. The number of piperazine rings is 1. The Morgan fingerprint density at radius 1 is 1.18 bits per heavy atom. The van der Waals surface area contributed by atoms with Crippen molar-refractivity contribution < 1.29 is 9.21 Å². The number of carbonyl (C=O) groups is 1. The molecule has 1 aliphatic carbocycles. The molecule has 0 N–H and O–H groups in total. The Hall–Kier alpha value is -1.85. The Morgan fingerprint density at radius 3 is 2.64 bits per heavy atom. The molecule has 1 aromatic heterocycles. The van der Waals surface area contributed by atoms with Gasteiger partial charge < -0.3 is 9.32 Å². The minimum absolute atomic E-state index is 0.262. The SMILES string of the molecule is Cc1oc(-c2cccc(Cl)c2)nc1CN1CCN(C(=O)C2CCCCC2)CC1. The average Bonchev–Trinajstić information content (AvgIpc) is 3.09.